The second-order valence-corrected chi connectivity index (χ2v) is 7.34. The Kier molecular flexibility index (Phi) is 5.82. The van der Waals surface area contributed by atoms with E-state index in [1.54, 1.807) is 0 Å². The molecule has 1 amide bonds. The number of aryl methyl sites for hydroxylation is 1. The van der Waals surface area contributed by atoms with Gasteiger partial charge in [-0.25, -0.2) is 0 Å². The van der Waals surface area contributed by atoms with Crippen molar-refractivity contribution >= 4 is 5.91 Å². The minimum Gasteiger partial charge on any atom is -0.396 e. The van der Waals surface area contributed by atoms with Crippen molar-refractivity contribution in [3.05, 3.63) is 35.4 Å². The summed E-state index contributed by atoms with van der Waals surface area (Å²) in [6, 6.07) is 7.88. The molecule has 4 nitrogen and oxygen atoms in total. The van der Waals surface area contributed by atoms with Gasteiger partial charge in [0.05, 0.1) is 6.61 Å². The van der Waals surface area contributed by atoms with E-state index in [1.807, 2.05) is 62.1 Å². The summed E-state index contributed by atoms with van der Waals surface area (Å²) in [4.78, 5) is 16.8. The number of hydrogen-bond acceptors (Lipinski definition) is 3. The van der Waals surface area contributed by atoms with E-state index < -0.39 is 0 Å². The fraction of sp³-hybridized carbons (Fsp3) is 0.632. The first-order valence-corrected chi connectivity index (χ1v) is 8.47. The summed E-state index contributed by atoms with van der Waals surface area (Å²) < 4.78 is 0. The molecule has 0 spiro atoms. The molecule has 0 aliphatic heterocycles. The van der Waals surface area contributed by atoms with Gasteiger partial charge in [0.25, 0.3) is 0 Å². The molecular formula is C19H30N2O2. The van der Waals surface area contributed by atoms with Crippen LogP contribution in [0.1, 0.15) is 42.9 Å². The SMILES string of the molecule is Cc1ccc(C(C(=O)N(C)CC2(CO)CCCC2)N(C)C)cc1. The van der Waals surface area contributed by atoms with Crippen LogP contribution in [0, 0.1) is 12.3 Å². The van der Waals surface area contributed by atoms with Crippen LogP contribution in [0.15, 0.2) is 24.3 Å². The zero-order valence-corrected chi connectivity index (χ0v) is 14.9. The molecule has 0 heterocycles. The van der Waals surface area contributed by atoms with Crippen molar-refractivity contribution in [3.63, 3.8) is 0 Å². The first-order chi connectivity index (χ1) is 10.9. The van der Waals surface area contributed by atoms with Crippen LogP contribution in [0.5, 0.6) is 0 Å². The van der Waals surface area contributed by atoms with Gasteiger partial charge in [0, 0.05) is 19.0 Å². The maximum Gasteiger partial charge on any atom is 0.244 e. The molecule has 1 aliphatic rings. The second-order valence-electron chi connectivity index (χ2n) is 7.34. The van der Waals surface area contributed by atoms with Gasteiger partial charge in [-0.05, 0) is 39.4 Å². The van der Waals surface area contributed by atoms with Crippen LogP contribution >= 0.6 is 0 Å². The molecule has 2 rings (SSSR count). The third-order valence-electron chi connectivity index (χ3n) is 5.09. The third-order valence-corrected chi connectivity index (χ3v) is 5.09. The highest BCUT2D eigenvalue weighted by molar-refractivity contribution is 5.83. The van der Waals surface area contributed by atoms with Crippen molar-refractivity contribution in [2.75, 3.05) is 34.3 Å². The van der Waals surface area contributed by atoms with Gasteiger partial charge in [-0.3, -0.25) is 9.69 Å². The van der Waals surface area contributed by atoms with Crippen LogP contribution in [0.4, 0.5) is 0 Å². The molecule has 4 heteroatoms. The van der Waals surface area contributed by atoms with Crippen LogP contribution in [0.2, 0.25) is 0 Å². The topological polar surface area (TPSA) is 43.8 Å². The number of carbonyl (C=O) groups is 1. The summed E-state index contributed by atoms with van der Waals surface area (Å²) in [6.45, 7) is 2.85. The fourth-order valence-corrected chi connectivity index (χ4v) is 3.69. The monoisotopic (exact) mass is 318 g/mol. The van der Waals surface area contributed by atoms with Gasteiger partial charge in [-0.15, -0.1) is 0 Å². The Morgan fingerprint density at radius 2 is 1.74 bits per heavy atom. The molecule has 1 atom stereocenters. The summed E-state index contributed by atoms with van der Waals surface area (Å²) in [5.74, 6) is 0.0959. The molecular weight excluding hydrogens is 288 g/mol. The number of hydrogen-bond donors (Lipinski definition) is 1. The summed E-state index contributed by atoms with van der Waals surface area (Å²) in [6.07, 6.45) is 4.33. The van der Waals surface area contributed by atoms with Crippen LogP contribution in [-0.4, -0.2) is 55.1 Å². The van der Waals surface area contributed by atoms with E-state index in [2.05, 4.69) is 0 Å². The largest absolute Gasteiger partial charge is 0.396 e. The minimum atomic E-state index is -0.280. The number of benzene rings is 1. The van der Waals surface area contributed by atoms with Crippen LogP contribution in [-0.2, 0) is 4.79 Å². The molecule has 1 aromatic carbocycles. The first kappa shape index (κ1) is 18.0. The predicted octanol–water partition coefficient (Wildman–Crippen LogP) is 2.61. The van der Waals surface area contributed by atoms with Gasteiger partial charge in [-0.2, -0.15) is 0 Å². The summed E-state index contributed by atoms with van der Waals surface area (Å²) >= 11 is 0. The number of aliphatic hydroxyl groups excluding tert-OH is 1. The highest BCUT2D eigenvalue weighted by Crippen LogP contribution is 2.38. The lowest BCUT2D eigenvalue weighted by molar-refractivity contribution is -0.137. The Morgan fingerprint density at radius 3 is 2.22 bits per heavy atom. The van der Waals surface area contributed by atoms with Crippen LogP contribution in [0.3, 0.4) is 0 Å². The Hall–Kier alpha value is -1.39. The Bertz CT molecular complexity index is 519. The maximum atomic E-state index is 13.0. The summed E-state index contributed by atoms with van der Waals surface area (Å²) in [5, 5.41) is 9.79. The van der Waals surface area contributed by atoms with Crippen molar-refractivity contribution < 1.29 is 9.90 Å². The van der Waals surface area contributed by atoms with E-state index in [0.29, 0.717) is 6.54 Å². The number of likely N-dealkylation sites (N-methyl/N-ethyl adjacent to an activating group) is 2. The molecule has 1 fully saturated rings. The molecule has 1 N–H and O–H groups in total. The fourth-order valence-electron chi connectivity index (χ4n) is 3.69. The Balaban J connectivity index is 2.15. The van der Waals surface area contributed by atoms with Crippen LogP contribution in [0.25, 0.3) is 0 Å². The molecule has 1 saturated carbocycles. The number of rotatable bonds is 6. The highest BCUT2D eigenvalue weighted by atomic mass is 16.3. The van der Waals surface area contributed by atoms with Gasteiger partial charge < -0.3 is 10.0 Å². The number of nitrogens with zero attached hydrogens (tertiary/aromatic N) is 2. The molecule has 0 bridgehead atoms. The van der Waals surface area contributed by atoms with Gasteiger partial charge in [0.15, 0.2) is 0 Å². The molecule has 1 aliphatic carbocycles. The van der Waals surface area contributed by atoms with Crippen LogP contribution < -0.4 is 0 Å². The van der Waals surface area contributed by atoms with Gasteiger partial charge >= 0.3 is 0 Å². The Morgan fingerprint density at radius 1 is 1.17 bits per heavy atom. The maximum absolute atomic E-state index is 13.0. The van der Waals surface area contributed by atoms with E-state index in [0.717, 1.165) is 31.2 Å². The van der Waals surface area contributed by atoms with Gasteiger partial charge in [-0.1, -0.05) is 42.7 Å². The standard InChI is InChI=1S/C19H30N2O2/c1-15-7-9-16(10-8-15)17(20(2)3)18(23)21(4)13-19(14-22)11-5-6-12-19/h7-10,17,22H,5-6,11-14H2,1-4H3. The lowest BCUT2D eigenvalue weighted by atomic mass is 9.86. The molecule has 0 radical (unpaired) electrons. The van der Waals surface area contributed by atoms with Crippen molar-refractivity contribution in [1.82, 2.24) is 9.80 Å². The van der Waals surface area contributed by atoms with E-state index in [-0.39, 0.29) is 24.0 Å². The molecule has 0 aromatic heterocycles. The molecule has 128 valence electrons. The van der Waals surface area contributed by atoms with Crippen molar-refractivity contribution in [3.8, 4) is 0 Å². The van der Waals surface area contributed by atoms with Crippen molar-refractivity contribution in [2.24, 2.45) is 5.41 Å². The molecule has 0 saturated heterocycles. The van der Waals surface area contributed by atoms with E-state index in [4.69, 9.17) is 0 Å². The minimum absolute atomic E-state index is 0.0959. The smallest absolute Gasteiger partial charge is 0.244 e. The zero-order valence-electron chi connectivity index (χ0n) is 14.9. The average Bonchev–Trinajstić information content (AvgIpc) is 2.98. The zero-order chi connectivity index (χ0) is 17.0. The van der Waals surface area contributed by atoms with E-state index >= 15 is 0 Å². The van der Waals surface area contributed by atoms with E-state index in [9.17, 15) is 9.90 Å². The van der Waals surface area contributed by atoms with Crippen molar-refractivity contribution in [1.29, 1.82) is 0 Å². The molecule has 1 aromatic rings. The first-order valence-electron chi connectivity index (χ1n) is 8.47. The third kappa shape index (κ3) is 4.12. The highest BCUT2D eigenvalue weighted by Gasteiger charge is 2.37. The normalized spacial score (nSPS) is 18.2. The predicted molar refractivity (Wildman–Crippen MR) is 93.2 cm³/mol. The van der Waals surface area contributed by atoms with Gasteiger partial charge in [0.2, 0.25) is 5.91 Å². The Labute approximate surface area is 140 Å². The number of aliphatic hydroxyl groups is 1. The second kappa shape index (κ2) is 7.45. The lowest BCUT2D eigenvalue weighted by Crippen LogP contribution is -2.44. The van der Waals surface area contributed by atoms with E-state index in [1.165, 1.54) is 5.56 Å². The average molecular weight is 318 g/mol. The quantitative estimate of drug-likeness (QED) is 0.877. The van der Waals surface area contributed by atoms with Gasteiger partial charge in [0.1, 0.15) is 6.04 Å². The van der Waals surface area contributed by atoms with Crippen molar-refractivity contribution in [2.45, 2.75) is 38.6 Å². The summed E-state index contributed by atoms with van der Waals surface area (Å²) in [7, 11) is 5.74. The number of carbonyl (C=O) groups excluding carboxylic acids is 1. The lowest BCUT2D eigenvalue weighted by Gasteiger charge is -2.35. The molecule has 23 heavy (non-hydrogen) atoms. The number of amides is 1. The summed E-state index contributed by atoms with van der Waals surface area (Å²) in [5.41, 5.74) is 2.10. The molecule has 1 unspecified atom stereocenters.